The molecule has 1 saturated heterocycles. The van der Waals surface area contributed by atoms with Gasteiger partial charge < -0.3 is 10.6 Å². The zero-order valence-electron chi connectivity index (χ0n) is 9.95. The summed E-state index contributed by atoms with van der Waals surface area (Å²) in [7, 11) is 0. The normalized spacial score (nSPS) is 18.1. The molecule has 0 aromatic heterocycles. The Morgan fingerprint density at radius 2 is 1.67 bits per heavy atom. The van der Waals surface area contributed by atoms with E-state index < -0.39 is 12.7 Å². The van der Waals surface area contributed by atoms with E-state index >= 15 is 0 Å². The molecule has 0 bridgehead atoms. The van der Waals surface area contributed by atoms with Gasteiger partial charge in [0, 0.05) is 26.2 Å². The van der Waals surface area contributed by atoms with Gasteiger partial charge in [0.25, 0.3) is 0 Å². The third kappa shape index (κ3) is 3.29. The molecule has 1 aromatic carbocycles. The summed E-state index contributed by atoms with van der Waals surface area (Å²) in [6.07, 6.45) is -4.12. The highest BCUT2D eigenvalue weighted by atomic mass is 19.4. The van der Waals surface area contributed by atoms with Gasteiger partial charge in [-0.15, -0.1) is 0 Å². The number of nitrogen functional groups attached to an aromatic ring is 1. The molecule has 1 fully saturated rings. The second-order valence-electron chi connectivity index (χ2n) is 4.44. The summed E-state index contributed by atoms with van der Waals surface area (Å²) in [5.41, 5.74) is 7.43. The zero-order valence-corrected chi connectivity index (χ0v) is 9.95. The van der Waals surface area contributed by atoms with Crippen molar-refractivity contribution in [1.82, 2.24) is 4.90 Å². The Morgan fingerprint density at radius 1 is 1.06 bits per heavy atom. The first kappa shape index (κ1) is 13.0. The van der Waals surface area contributed by atoms with Crippen molar-refractivity contribution < 1.29 is 13.2 Å². The Bertz CT molecular complexity index is 398. The van der Waals surface area contributed by atoms with Crippen molar-refractivity contribution in [2.45, 2.75) is 6.18 Å². The number of nitrogens with two attached hydrogens (primary N) is 1. The Morgan fingerprint density at radius 3 is 2.22 bits per heavy atom. The van der Waals surface area contributed by atoms with Gasteiger partial charge in [-0.1, -0.05) is 12.1 Å². The lowest BCUT2D eigenvalue weighted by molar-refractivity contribution is -0.146. The lowest BCUT2D eigenvalue weighted by Gasteiger charge is -2.36. The van der Waals surface area contributed by atoms with Crippen LogP contribution in [0.25, 0.3) is 0 Å². The van der Waals surface area contributed by atoms with Crippen LogP contribution in [-0.4, -0.2) is 43.8 Å². The predicted molar refractivity (Wildman–Crippen MR) is 65.6 cm³/mol. The van der Waals surface area contributed by atoms with E-state index in [1.807, 2.05) is 23.1 Å². The van der Waals surface area contributed by atoms with Crippen LogP contribution in [-0.2, 0) is 0 Å². The predicted octanol–water partition coefficient (Wildman–Crippen LogP) is 1.95. The number of halogens is 3. The summed E-state index contributed by atoms with van der Waals surface area (Å²) in [6, 6.07) is 7.43. The summed E-state index contributed by atoms with van der Waals surface area (Å²) < 4.78 is 36.7. The molecule has 0 saturated carbocycles. The van der Waals surface area contributed by atoms with Gasteiger partial charge in [-0.05, 0) is 12.1 Å². The molecule has 18 heavy (non-hydrogen) atoms. The second-order valence-corrected chi connectivity index (χ2v) is 4.44. The van der Waals surface area contributed by atoms with E-state index in [-0.39, 0.29) is 0 Å². The summed E-state index contributed by atoms with van der Waals surface area (Å²) in [4.78, 5) is 3.46. The molecule has 1 heterocycles. The number of piperazine rings is 1. The maximum absolute atomic E-state index is 12.2. The standard InChI is InChI=1S/C12H16F3N3/c13-12(14,15)9-17-5-7-18(8-6-17)11-4-2-1-3-10(11)16/h1-4H,5-9,16H2. The van der Waals surface area contributed by atoms with Crippen LogP contribution in [0.2, 0.25) is 0 Å². The van der Waals surface area contributed by atoms with Crippen molar-refractivity contribution in [3.63, 3.8) is 0 Å². The number of hydrogen-bond acceptors (Lipinski definition) is 3. The quantitative estimate of drug-likeness (QED) is 0.824. The molecule has 0 spiro atoms. The van der Waals surface area contributed by atoms with E-state index in [1.54, 1.807) is 6.07 Å². The monoisotopic (exact) mass is 259 g/mol. The highest BCUT2D eigenvalue weighted by molar-refractivity contribution is 5.67. The van der Waals surface area contributed by atoms with Crippen LogP contribution in [0.4, 0.5) is 24.5 Å². The maximum Gasteiger partial charge on any atom is 0.401 e. The minimum atomic E-state index is -4.12. The van der Waals surface area contributed by atoms with Crippen molar-refractivity contribution in [3.05, 3.63) is 24.3 Å². The molecule has 2 N–H and O–H groups in total. The Labute approximate surface area is 104 Å². The second kappa shape index (κ2) is 5.06. The van der Waals surface area contributed by atoms with Gasteiger partial charge in [0.1, 0.15) is 0 Å². The van der Waals surface area contributed by atoms with E-state index in [1.165, 1.54) is 4.90 Å². The molecule has 0 atom stereocenters. The molecule has 6 heteroatoms. The Kier molecular flexibility index (Phi) is 3.65. The fraction of sp³-hybridized carbons (Fsp3) is 0.500. The number of para-hydroxylation sites is 2. The molecular weight excluding hydrogens is 243 g/mol. The van der Waals surface area contributed by atoms with Gasteiger partial charge in [-0.25, -0.2) is 0 Å². The summed E-state index contributed by atoms with van der Waals surface area (Å²) in [5, 5.41) is 0. The van der Waals surface area contributed by atoms with Crippen LogP contribution in [0.3, 0.4) is 0 Å². The molecular formula is C12H16F3N3. The summed E-state index contributed by atoms with van der Waals surface area (Å²) >= 11 is 0. The topological polar surface area (TPSA) is 32.5 Å². The van der Waals surface area contributed by atoms with Gasteiger partial charge in [-0.2, -0.15) is 13.2 Å². The van der Waals surface area contributed by atoms with E-state index in [0.717, 1.165) is 5.69 Å². The van der Waals surface area contributed by atoms with E-state index in [2.05, 4.69) is 0 Å². The van der Waals surface area contributed by atoms with Crippen LogP contribution >= 0.6 is 0 Å². The largest absolute Gasteiger partial charge is 0.401 e. The van der Waals surface area contributed by atoms with Gasteiger partial charge in [0.15, 0.2) is 0 Å². The van der Waals surface area contributed by atoms with Crippen molar-refractivity contribution >= 4 is 11.4 Å². The molecule has 1 aliphatic rings. The molecule has 2 rings (SSSR count). The van der Waals surface area contributed by atoms with Crippen LogP contribution in [0.5, 0.6) is 0 Å². The van der Waals surface area contributed by atoms with E-state index in [9.17, 15) is 13.2 Å². The molecule has 100 valence electrons. The lowest BCUT2D eigenvalue weighted by atomic mass is 10.2. The number of hydrogen-bond donors (Lipinski definition) is 1. The fourth-order valence-corrected chi connectivity index (χ4v) is 2.18. The van der Waals surface area contributed by atoms with Crippen molar-refractivity contribution in [2.75, 3.05) is 43.4 Å². The van der Waals surface area contributed by atoms with Crippen LogP contribution in [0, 0.1) is 0 Å². The molecule has 0 radical (unpaired) electrons. The third-order valence-electron chi connectivity index (χ3n) is 3.05. The molecule has 0 unspecified atom stereocenters. The minimum absolute atomic E-state index is 0.411. The van der Waals surface area contributed by atoms with Crippen LogP contribution in [0.15, 0.2) is 24.3 Å². The highest BCUT2D eigenvalue weighted by Gasteiger charge is 2.32. The number of nitrogens with zero attached hydrogens (tertiary/aromatic N) is 2. The number of benzene rings is 1. The van der Waals surface area contributed by atoms with Crippen molar-refractivity contribution in [2.24, 2.45) is 0 Å². The van der Waals surface area contributed by atoms with Gasteiger partial charge in [0.2, 0.25) is 0 Å². The van der Waals surface area contributed by atoms with Gasteiger partial charge in [-0.3, -0.25) is 4.90 Å². The first-order valence-corrected chi connectivity index (χ1v) is 5.84. The Hall–Kier alpha value is -1.43. The highest BCUT2D eigenvalue weighted by Crippen LogP contribution is 2.24. The van der Waals surface area contributed by atoms with E-state index in [4.69, 9.17) is 5.73 Å². The Balaban J connectivity index is 1.93. The zero-order chi connectivity index (χ0) is 13.2. The molecule has 1 aliphatic heterocycles. The first-order valence-electron chi connectivity index (χ1n) is 5.84. The minimum Gasteiger partial charge on any atom is -0.397 e. The number of anilines is 2. The molecule has 3 nitrogen and oxygen atoms in total. The van der Waals surface area contributed by atoms with Gasteiger partial charge in [0.05, 0.1) is 17.9 Å². The molecule has 0 amide bonds. The number of rotatable bonds is 2. The smallest absolute Gasteiger partial charge is 0.397 e. The van der Waals surface area contributed by atoms with Crippen LogP contribution < -0.4 is 10.6 Å². The summed E-state index contributed by atoms with van der Waals surface area (Å²) in [6.45, 7) is 1.14. The molecule has 0 aliphatic carbocycles. The molecule has 1 aromatic rings. The average molecular weight is 259 g/mol. The third-order valence-corrected chi connectivity index (χ3v) is 3.05. The lowest BCUT2D eigenvalue weighted by Crippen LogP contribution is -2.49. The maximum atomic E-state index is 12.2. The SMILES string of the molecule is Nc1ccccc1N1CCN(CC(F)(F)F)CC1. The summed E-state index contributed by atoms with van der Waals surface area (Å²) in [5.74, 6) is 0. The number of alkyl halides is 3. The fourth-order valence-electron chi connectivity index (χ4n) is 2.18. The van der Waals surface area contributed by atoms with Crippen LogP contribution in [0.1, 0.15) is 0 Å². The van der Waals surface area contributed by atoms with E-state index in [0.29, 0.717) is 31.9 Å². The van der Waals surface area contributed by atoms with Crippen molar-refractivity contribution in [1.29, 1.82) is 0 Å². The first-order chi connectivity index (χ1) is 8.46. The van der Waals surface area contributed by atoms with Gasteiger partial charge >= 0.3 is 6.18 Å². The van der Waals surface area contributed by atoms with Crippen molar-refractivity contribution in [3.8, 4) is 0 Å². The average Bonchev–Trinajstić information content (AvgIpc) is 2.29.